The summed E-state index contributed by atoms with van der Waals surface area (Å²) < 4.78 is 10.8. The van der Waals surface area contributed by atoms with E-state index in [1.54, 1.807) is 32.4 Å². The molecule has 26 heavy (non-hydrogen) atoms. The van der Waals surface area contributed by atoms with Gasteiger partial charge in [0.05, 0.1) is 31.0 Å². The summed E-state index contributed by atoms with van der Waals surface area (Å²) in [5, 5.41) is 0.660. The number of benzene rings is 2. The number of carbonyl (C=O) groups excluding carboxylic acids is 1. The molecule has 2 aromatic carbocycles. The van der Waals surface area contributed by atoms with E-state index in [9.17, 15) is 4.79 Å². The summed E-state index contributed by atoms with van der Waals surface area (Å²) in [7, 11) is 3.11. The number of carbonyl (C=O) groups is 1. The highest BCUT2D eigenvalue weighted by molar-refractivity contribution is 6.10. The molecule has 4 N–H and O–H groups in total. The van der Waals surface area contributed by atoms with Gasteiger partial charge in [0.1, 0.15) is 0 Å². The average molecular weight is 350 g/mol. The molecule has 0 aliphatic heterocycles. The fraction of sp³-hybridized carbons (Fsp3) is 0.105. The molecule has 0 saturated carbocycles. The van der Waals surface area contributed by atoms with Crippen LogP contribution in [0.4, 0.5) is 0 Å². The van der Waals surface area contributed by atoms with Crippen molar-refractivity contribution in [2.24, 2.45) is 16.5 Å². The third-order valence-electron chi connectivity index (χ3n) is 3.86. The molecule has 7 nitrogen and oxygen atoms in total. The van der Waals surface area contributed by atoms with E-state index >= 15 is 0 Å². The van der Waals surface area contributed by atoms with Crippen LogP contribution in [0, 0.1) is 0 Å². The zero-order valence-corrected chi connectivity index (χ0v) is 14.4. The molecule has 132 valence electrons. The number of ether oxygens (including phenoxy) is 2. The minimum absolute atomic E-state index is 0.295. The second-order valence-corrected chi connectivity index (χ2v) is 5.46. The number of hydrogen-bond donors (Lipinski definition) is 2. The number of rotatable bonds is 4. The summed E-state index contributed by atoms with van der Waals surface area (Å²) in [5.41, 5.74) is 13.0. The van der Waals surface area contributed by atoms with Crippen molar-refractivity contribution in [2.45, 2.75) is 0 Å². The van der Waals surface area contributed by atoms with Crippen LogP contribution in [-0.2, 0) is 0 Å². The lowest BCUT2D eigenvalue weighted by Crippen LogP contribution is -2.24. The van der Waals surface area contributed by atoms with Crippen molar-refractivity contribution < 1.29 is 14.3 Å². The molecule has 1 heterocycles. The first-order valence-corrected chi connectivity index (χ1v) is 7.80. The minimum atomic E-state index is -0.535. The first kappa shape index (κ1) is 17.2. The Hall–Kier alpha value is -3.61. The molecule has 7 heteroatoms. The number of aliphatic imine (C=N–C) groups is 1. The molecule has 0 fully saturated rings. The monoisotopic (exact) mass is 350 g/mol. The maximum absolute atomic E-state index is 12.5. The number of para-hydroxylation sites is 2. The van der Waals surface area contributed by atoms with Crippen molar-refractivity contribution in [1.29, 1.82) is 0 Å². The molecule has 0 aliphatic carbocycles. The number of nitrogens with zero attached hydrogens (tertiary/aromatic N) is 2. The maximum Gasteiger partial charge on any atom is 0.280 e. The second-order valence-electron chi connectivity index (χ2n) is 5.46. The fourth-order valence-corrected chi connectivity index (χ4v) is 2.76. The van der Waals surface area contributed by atoms with Gasteiger partial charge < -0.3 is 20.9 Å². The number of fused-ring (bicyclic) bond motifs is 1. The van der Waals surface area contributed by atoms with Crippen LogP contribution in [0.15, 0.2) is 53.5 Å². The highest BCUT2D eigenvalue weighted by Gasteiger charge is 2.17. The Morgan fingerprint density at radius 3 is 2.50 bits per heavy atom. The second kappa shape index (κ2) is 7.10. The zero-order valence-electron chi connectivity index (χ0n) is 14.4. The normalized spacial score (nSPS) is 10.4. The van der Waals surface area contributed by atoms with Crippen LogP contribution in [-0.4, -0.2) is 31.1 Å². The predicted molar refractivity (Wildman–Crippen MR) is 100 cm³/mol. The minimum Gasteiger partial charge on any atom is -0.493 e. The summed E-state index contributed by atoms with van der Waals surface area (Å²) >= 11 is 0. The predicted octanol–water partition coefficient (Wildman–Crippen LogP) is 2.33. The molecule has 1 amide bonds. The third-order valence-corrected chi connectivity index (χ3v) is 3.86. The molecule has 1 aromatic heterocycles. The van der Waals surface area contributed by atoms with Gasteiger partial charge in [-0.15, -0.1) is 0 Å². The lowest BCUT2D eigenvalue weighted by molar-refractivity contribution is 0.100. The Morgan fingerprint density at radius 2 is 1.81 bits per heavy atom. The largest absolute Gasteiger partial charge is 0.493 e. The number of aromatic nitrogens is 1. The van der Waals surface area contributed by atoms with Gasteiger partial charge in [-0.3, -0.25) is 4.79 Å². The van der Waals surface area contributed by atoms with Crippen molar-refractivity contribution in [2.75, 3.05) is 14.2 Å². The topological polar surface area (TPSA) is 113 Å². The number of nitrogens with two attached hydrogens (primary N) is 2. The van der Waals surface area contributed by atoms with Crippen molar-refractivity contribution in [3.63, 3.8) is 0 Å². The SMILES string of the molecule is COc1cccc(-c2cc(C(=O)N=C(N)N)c3ccccc3n2)c1OC. The smallest absolute Gasteiger partial charge is 0.280 e. The molecular weight excluding hydrogens is 332 g/mol. The van der Waals surface area contributed by atoms with Crippen LogP contribution in [0.25, 0.3) is 22.2 Å². The van der Waals surface area contributed by atoms with Gasteiger partial charge in [0.2, 0.25) is 0 Å². The van der Waals surface area contributed by atoms with Crippen LogP contribution >= 0.6 is 0 Å². The lowest BCUT2D eigenvalue weighted by Gasteiger charge is -2.13. The Bertz CT molecular complexity index is 1010. The summed E-state index contributed by atoms with van der Waals surface area (Å²) in [6.45, 7) is 0. The van der Waals surface area contributed by atoms with Gasteiger partial charge in [0.15, 0.2) is 17.5 Å². The number of amides is 1. The van der Waals surface area contributed by atoms with Crippen LogP contribution < -0.4 is 20.9 Å². The highest BCUT2D eigenvalue weighted by atomic mass is 16.5. The molecule has 0 bridgehead atoms. The van der Waals surface area contributed by atoms with Gasteiger partial charge in [-0.25, -0.2) is 4.98 Å². The molecule has 0 unspecified atom stereocenters. The summed E-state index contributed by atoms with van der Waals surface area (Å²) in [6, 6.07) is 14.4. The van der Waals surface area contributed by atoms with E-state index in [1.165, 1.54) is 0 Å². The first-order valence-electron chi connectivity index (χ1n) is 7.80. The first-order chi connectivity index (χ1) is 12.5. The van der Waals surface area contributed by atoms with E-state index < -0.39 is 5.91 Å². The quantitative estimate of drug-likeness (QED) is 0.551. The van der Waals surface area contributed by atoms with Crippen molar-refractivity contribution >= 4 is 22.8 Å². The van der Waals surface area contributed by atoms with Crippen molar-refractivity contribution in [3.05, 3.63) is 54.1 Å². The summed E-state index contributed by atoms with van der Waals surface area (Å²) in [5.74, 6) is 0.262. The summed E-state index contributed by atoms with van der Waals surface area (Å²) in [4.78, 5) is 20.8. The van der Waals surface area contributed by atoms with Gasteiger partial charge in [0, 0.05) is 10.9 Å². The maximum atomic E-state index is 12.5. The van der Waals surface area contributed by atoms with E-state index in [4.69, 9.17) is 20.9 Å². The van der Waals surface area contributed by atoms with Gasteiger partial charge in [0.25, 0.3) is 5.91 Å². The fourth-order valence-electron chi connectivity index (χ4n) is 2.76. The van der Waals surface area contributed by atoms with Crippen molar-refractivity contribution in [3.8, 4) is 22.8 Å². The number of guanidine groups is 1. The summed E-state index contributed by atoms with van der Waals surface area (Å²) in [6.07, 6.45) is 0. The van der Waals surface area contributed by atoms with E-state index in [0.717, 1.165) is 0 Å². The van der Waals surface area contributed by atoms with Gasteiger partial charge in [-0.2, -0.15) is 4.99 Å². The van der Waals surface area contributed by atoms with E-state index in [-0.39, 0.29) is 5.96 Å². The molecule has 3 rings (SSSR count). The molecule has 0 spiro atoms. The standard InChI is InChI=1S/C19H18N4O3/c1-25-16-9-5-7-12(17(16)26-2)15-10-13(18(24)23-19(20)21)11-6-3-4-8-14(11)22-15/h3-10H,1-2H3,(H4,20,21,23,24). The Balaban J connectivity index is 2.29. The molecule has 0 aliphatic rings. The van der Waals surface area contributed by atoms with Crippen molar-refractivity contribution in [1.82, 2.24) is 4.98 Å². The highest BCUT2D eigenvalue weighted by Crippen LogP contribution is 2.38. The van der Waals surface area contributed by atoms with Crippen LogP contribution in [0.5, 0.6) is 11.5 Å². The van der Waals surface area contributed by atoms with E-state index in [0.29, 0.717) is 39.2 Å². The molecule has 0 radical (unpaired) electrons. The van der Waals surface area contributed by atoms with Crippen LogP contribution in [0.2, 0.25) is 0 Å². The molecule has 0 atom stereocenters. The van der Waals surface area contributed by atoms with Gasteiger partial charge in [-0.1, -0.05) is 24.3 Å². The third kappa shape index (κ3) is 3.14. The Kier molecular flexibility index (Phi) is 4.70. The Labute approximate surface area is 150 Å². The van der Waals surface area contributed by atoms with Crippen LogP contribution in [0.3, 0.4) is 0 Å². The van der Waals surface area contributed by atoms with Crippen LogP contribution in [0.1, 0.15) is 10.4 Å². The number of pyridine rings is 1. The van der Waals surface area contributed by atoms with E-state index in [2.05, 4.69) is 9.98 Å². The molecular formula is C19H18N4O3. The molecule has 3 aromatic rings. The molecule has 0 saturated heterocycles. The average Bonchev–Trinajstić information content (AvgIpc) is 2.65. The van der Waals surface area contributed by atoms with E-state index in [1.807, 2.05) is 30.3 Å². The number of methoxy groups -OCH3 is 2. The lowest BCUT2D eigenvalue weighted by atomic mass is 10.0. The Morgan fingerprint density at radius 1 is 1.04 bits per heavy atom. The van der Waals surface area contributed by atoms with Gasteiger partial charge in [-0.05, 0) is 24.3 Å². The number of hydrogen-bond acceptors (Lipinski definition) is 4. The zero-order chi connectivity index (χ0) is 18.7. The van der Waals surface area contributed by atoms with Gasteiger partial charge >= 0.3 is 0 Å².